The molecule has 20 rings (SSSR count). The van der Waals surface area contributed by atoms with Crippen LogP contribution in [0.25, 0.3) is 200 Å². The van der Waals surface area contributed by atoms with Crippen LogP contribution in [0.15, 0.2) is 395 Å². The number of hydrogen-bond acceptors (Lipinski definition) is 7. The van der Waals surface area contributed by atoms with Crippen molar-refractivity contribution in [3.8, 4) is 135 Å². The summed E-state index contributed by atoms with van der Waals surface area (Å²) in [6.45, 7) is 0. The van der Waals surface area contributed by atoms with Gasteiger partial charge in [-0.15, -0.1) is 0 Å². The molecule has 0 unspecified atom stereocenters. The van der Waals surface area contributed by atoms with E-state index in [1.165, 1.54) is 44.2 Å². The molecular formula is C101H65N7. The van der Waals surface area contributed by atoms with Crippen LogP contribution in [0, 0.1) is 0 Å². The summed E-state index contributed by atoms with van der Waals surface area (Å²) >= 11 is 0. The predicted octanol–water partition coefficient (Wildman–Crippen LogP) is 26.1. The lowest BCUT2D eigenvalue weighted by molar-refractivity contribution is 1.22. The van der Waals surface area contributed by atoms with Gasteiger partial charge in [-0.05, 0) is 140 Å². The first kappa shape index (κ1) is 64.3. The second-order valence-corrected chi connectivity index (χ2v) is 27.1. The fourth-order valence-electron chi connectivity index (χ4n) is 15.1. The van der Waals surface area contributed by atoms with Gasteiger partial charge in [0.1, 0.15) is 0 Å². The number of aromatic nitrogens is 7. The van der Waals surface area contributed by atoms with Crippen molar-refractivity contribution in [1.82, 2.24) is 34.9 Å². The summed E-state index contributed by atoms with van der Waals surface area (Å²) in [6, 6.07) is 134. The monoisotopic (exact) mass is 1380 g/mol. The maximum atomic E-state index is 5.26. The smallest absolute Gasteiger partial charge is 0.0972 e. The summed E-state index contributed by atoms with van der Waals surface area (Å²) in [5.41, 5.74) is 29.2. The molecule has 504 valence electrons. The first-order valence-electron chi connectivity index (χ1n) is 36.4. The largest absolute Gasteiger partial charge is 0.255 e. The molecule has 0 radical (unpaired) electrons. The molecule has 0 N–H and O–H groups in total. The Kier molecular flexibility index (Phi) is 16.8. The average molecular weight is 1380 g/mol. The molecule has 0 atom stereocenters. The average Bonchev–Trinajstić information content (AvgIpc) is 0.761. The minimum absolute atomic E-state index is 0.813. The van der Waals surface area contributed by atoms with Crippen LogP contribution in [-0.4, -0.2) is 34.9 Å². The van der Waals surface area contributed by atoms with Crippen LogP contribution in [0.1, 0.15) is 0 Å². The maximum absolute atomic E-state index is 5.26. The first-order valence-corrected chi connectivity index (χ1v) is 36.4. The van der Waals surface area contributed by atoms with Gasteiger partial charge in [-0.1, -0.05) is 309 Å². The molecule has 0 saturated carbocycles. The molecule has 0 aliphatic carbocycles. The second-order valence-electron chi connectivity index (χ2n) is 27.1. The van der Waals surface area contributed by atoms with E-state index in [0.29, 0.717) is 0 Å². The standard InChI is InChI=1S/C52H34N4.C49H31N3/c1-2-12-35(13-3-1)40-14-10-15-41(32-40)52-45-18-11-17-43(51(45)44-16-4-5-19-46(44)56-52)39-28-26-37(27-29-39)36-22-24-38(25-23-36)42-33-49(47-20-6-8-30-53-47)55-50(34-42)48-21-7-9-31-54-48;1-3-11-32(12-4-1)38-15-9-16-39(31-38)47-42-19-10-18-40(46(42)41-17-7-8-20-45(41)52-47)33-21-23-35(24-22-33)44-30-28-37-26-25-36-27-29-43(34-13-5-2-6-14-34)50-48(36)49(37)51-44/h1-34H;1-31H. The van der Waals surface area contributed by atoms with Gasteiger partial charge >= 0.3 is 0 Å². The van der Waals surface area contributed by atoms with Crippen molar-refractivity contribution in [3.05, 3.63) is 395 Å². The summed E-state index contributed by atoms with van der Waals surface area (Å²) in [5.74, 6) is 0. The van der Waals surface area contributed by atoms with E-state index < -0.39 is 0 Å². The van der Waals surface area contributed by atoms with E-state index in [1.54, 1.807) is 12.4 Å². The highest BCUT2D eigenvalue weighted by molar-refractivity contribution is 6.19. The summed E-state index contributed by atoms with van der Waals surface area (Å²) in [7, 11) is 0. The van der Waals surface area contributed by atoms with Crippen molar-refractivity contribution >= 4 is 65.2 Å². The highest BCUT2D eigenvalue weighted by Crippen LogP contribution is 2.43. The van der Waals surface area contributed by atoms with Crippen molar-refractivity contribution < 1.29 is 0 Å². The van der Waals surface area contributed by atoms with Gasteiger partial charge in [0, 0.05) is 77.7 Å². The molecule has 108 heavy (non-hydrogen) atoms. The van der Waals surface area contributed by atoms with E-state index in [4.69, 9.17) is 24.9 Å². The van der Waals surface area contributed by atoms with E-state index >= 15 is 0 Å². The molecule has 0 bridgehead atoms. The van der Waals surface area contributed by atoms with Crippen molar-refractivity contribution in [1.29, 1.82) is 0 Å². The van der Waals surface area contributed by atoms with Crippen molar-refractivity contribution in [3.63, 3.8) is 0 Å². The van der Waals surface area contributed by atoms with Crippen molar-refractivity contribution in [2.24, 2.45) is 0 Å². The zero-order valence-corrected chi connectivity index (χ0v) is 58.7. The van der Waals surface area contributed by atoms with Gasteiger partial charge in [0.05, 0.1) is 67.6 Å². The van der Waals surface area contributed by atoms with E-state index in [9.17, 15) is 0 Å². The number of pyridine rings is 7. The maximum Gasteiger partial charge on any atom is 0.0972 e. The van der Waals surface area contributed by atoms with Gasteiger partial charge in [0.15, 0.2) is 0 Å². The third-order valence-corrected chi connectivity index (χ3v) is 20.4. The quantitative estimate of drug-likeness (QED) is 0.113. The van der Waals surface area contributed by atoms with Crippen molar-refractivity contribution in [2.75, 3.05) is 0 Å². The van der Waals surface area contributed by atoms with Gasteiger partial charge < -0.3 is 0 Å². The molecule has 7 heterocycles. The first-order chi connectivity index (χ1) is 53.5. The zero-order valence-electron chi connectivity index (χ0n) is 58.7. The van der Waals surface area contributed by atoms with Gasteiger partial charge in [-0.25, -0.2) is 24.9 Å². The summed E-state index contributed by atoms with van der Waals surface area (Å²) < 4.78 is 0. The zero-order chi connectivity index (χ0) is 71.7. The number of hydrogen-bond donors (Lipinski definition) is 0. The minimum Gasteiger partial charge on any atom is -0.255 e. The molecule has 0 fully saturated rings. The van der Waals surface area contributed by atoms with Crippen molar-refractivity contribution in [2.45, 2.75) is 0 Å². The SMILES string of the molecule is c1ccc(-c2cccc(-c3nc4ccccc4c4c(-c5ccc(-c6ccc(-c7cc(-c8ccccn8)nc(-c8ccccn8)c7)cc6)cc5)cccc34)c2)cc1.c1ccc(-c2cccc(-c3nc4ccccc4c4c(-c5ccc(-c6ccc7ccc8ccc(-c9ccccc9)nc8c7n6)cc5)cccc34)c2)cc1. The number of para-hydroxylation sites is 2. The minimum atomic E-state index is 0.813. The summed E-state index contributed by atoms with van der Waals surface area (Å²) in [5, 5.41) is 9.14. The summed E-state index contributed by atoms with van der Waals surface area (Å²) in [4.78, 5) is 34.9. The molecule has 0 aliphatic rings. The highest BCUT2D eigenvalue weighted by Gasteiger charge is 2.20. The normalized spacial score (nSPS) is 11.3. The third kappa shape index (κ3) is 12.5. The van der Waals surface area contributed by atoms with Crippen LogP contribution in [0.5, 0.6) is 0 Å². The number of benzene rings is 13. The Hall–Kier alpha value is -14.5. The third-order valence-electron chi connectivity index (χ3n) is 20.4. The molecular weight excluding hydrogens is 1310 g/mol. The topological polar surface area (TPSA) is 90.2 Å². The van der Waals surface area contributed by atoms with Gasteiger partial charge in [-0.2, -0.15) is 0 Å². The van der Waals surface area contributed by atoms with Crippen LogP contribution >= 0.6 is 0 Å². The Labute approximate surface area is 625 Å². The molecule has 7 aromatic heterocycles. The molecule has 0 spiro atoms. The van der Waals surface area contributed by atoms with E-state index in [2.05, 4.69) is 338 Å². The van der Waals surface area contributed by atoms with Crippen LogP contribution in [0.3, 0.4) is 0 Å². The molecule has 0 saturated heterocycles. The molecule has 0 amide bonds. The van der Waals surface area contributed by atoms with Gasteiger partial charge in [0.25, 0.3) is 0 Å². The predicted molar refractivity (Wildman–Crippen MR) is 448 cm³/mol. The molecule has 7 heteroatoms. The van der Waals surface area contributed by atoms with Crippen LogP contribution < -0.4 is 0 Å². The number of fused-ring (bicyclic) bond motifs is 9. The fraction of sp³-hybridized carbons (Fsp3) is 0. The molecule has 20 aromatic rings. The Balaban J connectivity index is 0.000000147. The molecule has 13 aromatic carbocycles. The summed E-state index contributed by atoms with van der Waals surface area (Å²) in [6.07, 6.45) is 3.60. The lowest BCUT2D eigenvalue weighted by Gasteiger charge is -2.15. The van der Waals surface area contributed by atoms with Gasteiger partial charge in [0.2, 0.25) is 0 Å². The fourth-order valence-corrected chi connectivity index (χ4v) is 15.1. The lowest BCUT2D eigenvalue weighted by atomic mass is 9.91. The Morgan fingerprint density at radius 2 is 0.500 bits per heavy atom. The lowest BCUT2D eigenvalue weighted by Crippen LogP contribution is -1.94. The van der Waals surface area contributed by atoms with Crippen LogP contribution in [0.4, 0.5) is 0 Å². The Morgan fingerprint density at radius 3 is 0.944 bits per heavy atom. The van der Waals surface area contributed by atoms with Crippen LogP contribution in [0.2, 0.25) is 0 Å². The molecule has 0 aliphatic heterocycles. The highest BCUT2D eigenvalue weighted by atomic mass is 14.8. The Morgan fingerprint density at radius 1 is 0.167 bits per heavy atom. The number of rotatable bonds is 12. The van der Waals surface area contributed by atoms with E-state index in [1.807, 2.05) is 54.6 Å². The molecule has 7 nitrogen and oxygen atoms in total. The van der Waals surface area contributed by atoms with E-state index in [0.717, 1.165) is 156 Å². The van der Waals surface area contributed by atoms with E-state index in [-0.39, 0.29) is 0 Å². The van der Waals surface area contributed by atoms with Crippen LogP contribution in [-0.2, 0) is 0 Å². The van der Waals surface area contributed by atoms with Gasteiger partial charge in [-0.3, -0.25) is 9.97 Å². The second kappa shape index (κ2) is 28.3. The Bertz CT molecular complexity index is 6680. The number of nitrogens with zero attached hydrogens (tertiary/aromatic N) is 7.